The number of carbonyl (C=O) groups is 3. The summed E-state index contributed by atoms with van der Waals surface area (Å²) in [6, 6.07) is 8.77. The summed E-state index contributed by atoms with van der Waals surface area (Å²) in [6.07, 6.45) is 1.82. The number of nitrogens with one attached hydrogen (secondary N) is 1. The number of nitrogens with zero attached hydrogens (tertiary/aromatic N) is 1. The molecule has 0 bridgehead atoms. The van der Waals surface area contributed by atoms with Gasteiger partial charge in [0.15, 0.2) is 5.76 Å². The highest BCUT2D eigenvalue weighted by molar-refractivity contribution is 5.96. The van der Waals surface area contributed by atoms with Crippen LogP contribution in [0.15, 0.2) is 47.1 Å². The summed E-state index contributed by atoms with van der Waals surface area (Å²) in [7, 11) is 1.46. The Balaban J connectivity index is 1.85. The van der Waals surface area contributed by atoms with Gasteiger partial charge in [-0.2, -0.15) is 0 Å². The number of carboxylic acid groups (broad SMARTS) is 1. The van der Waals surface area contributed by atoms with E-state index in [1.54, 1.807) is 6.07 Å². The molecule has 1 aliphatic heterocycles. The van der Waals surface area contributed by atoms with Crippen molar-refractivity contribution in [1.29, 1.82) is 0 Å². The molecular weight excluding hydrogens is 364 g/mol. The maximum absolute atomic E-state index is 12.9. The Morgan fingerprint density at radius 1 is 1.25 bits per heavy atom. The van der Waals surface area contributed by atoms with E-state index in [9.17, 15) is 19.5 Å². The molecular formula is C20H22N2O6. The molecule has 2 amide bonds. The number of benzene rings is 1. The smallest absolute Gasteiger partial charge is 0.326 e. The molecule has 0 saturated carbocycles. The average molecular weight is 386 g/mol. The molecule has 8 nitrogen and oxygen atoms in total. The van der Waals surface area contributed by atoms with Gasteiger partial charge in [0, 0.05) is 33.1 Å². The van der Waals surface area contributed by atoms with E-state index in [4.69, 9.17) is 9.15 Å². The first-order valence-electron chi connectivity index (χ1n) is 8.94. The van der Waals surface area contributed by atoms with Crippen LogP contribution < -0.4 is 5.32 Å². The minimum atomic E-state index is -1.15. The second-order valence-corrected chi connectivity index (χ2v) is 6.58. The molecule has 0 fully saturated rings. The molecule has 2 atom stereocenters. The lowest BCUT2D eigenvalue weighted by molar-refractivity contribution is -0.143. The molecule has 2 aromatic rings. The predicted octanol–water partition coefficient (Wildman–Crippen LogP) is 1.45. The van der Waals surface area contributed by atoms with Gasteiger partial charge in [0.25, 0.3) is 5.91 Å². The first-order valence-corrected chi connectivity index (χ1v) is 8.94. The van der Waals surface area contributed by atoms with Gasteiger partial charge >= 0.3 is 5.97 Å². The van der Waals surface area contributed by atoms with Gasteiger partial charge in [0.2, 0.25) is 5.91 Å². The van der Waals surface area contributed by atoms with Crippen LogP contribution in [-0.4, -0.2) is 53.6 Å². The van der Waals surface area contributed by atoms with Gasteiger partial charge in [-0.1, -0.05) is 24.3 Å². The molecule has 0 radical (unpaired) electrons. The molecule has 0 spiro atoms. The molecule has 2 heterocycles. The second-order valence-electron chi connectivity index (χ2n) is 6.58. The Morgan fingerprint density at radius 3 is 2.64 bits per heavy atom. The molecule has 3 rings (SSSR count). The first-order chi connectivity index (χ1) is 13.5. The lowest BCUT2D eigenvalue weighted by Gasteiger charge is -2.36. The van der Waals surface area contributed by atoms with E-state index in [-0.39, 0.29) is 25.3 Å². The maximum atomic E-state index is 12.9. The molecule has 0 saturated heterocycles. The standard InChI is InChI=1S/C20H22N2O6/c1-27-10-8-15(20(25)26)21-18(23)16-11-13-5-2-3-6-14(13)12-22(16)19(24)17-7-4-9-28-17/h2-7,9,15-16H,8,10-12H2,1H3,(H,21,23)(H,25,26). The number of hydrogen-bond acceptors (Lipinski definition) is 5. The monoisotopic (exact) mass is 386 g/mol. The number of ether oxygens (including phenoxy) is 1. The lowest BCUT2D eigenvalue weighted by Crippen LogP contribution is -2.55. The van der Waals surface area contributed by atoms with Crippen LogP contribution in [0.3, 0.4) is 0 Å². The summed E-state index contributed by atoms with van der Waals surface area (Å²) in [5, 5.41) is 11.9. The number of rotatable bonds is 7. The lowest BCUT2D eigenvalue weighted by atomic mass is 9.93. The van der Waals surface area contributed by atoms with Crippen LogP contribution in [0.2, 0.25) is 0 Å². The minimum absolute atomic E-state index is 0.131. The van der Waals surface area contributed by atoms with E-state index >= 15 is 0 Å². The highest BCUT2D eigenvalue weighted by atomic mass is 16.5. The van der Waals surface area contributed by atoms with E-state index in [2.05, 4.69) is 5.32 Å². The molecule has 2 N–H and O–H groups in total. The van der Waals surface area contributed by atoms with Crippen molar-refractivity contribution >= 4 is 17.8 Å². The van der Waals surface area contributed by atoms with Gasteiger partial charge in [0.1, 0.15) is 12.1 Å². The third kappa shape index (κ3) is 4.23. The van der Waals surface area contributed by atoms with Crippen LogP contribution in [0.1, 0.15) is 28.1 Å². The van der Waals surface area contributed by atoms with Crippen molar-refractivity contribution in [1.82, 2.24) is 10.2 Å². The highest BCUT2D eigenvalue weighted by Crippen LogP contribution is 2.25. The fraction of sp³-hybridized carbons (Fsp3) is 0.350. The number of amides is 2. The summed E-state index contributed by atoms with van der Waals surface area (Å²) in [4.78, 5) is 38.7. The normalized spacial score (nSPS) is 16.9. The Kier molecular flexibility index (Phi) is 6.10. The van der Waals surface area contributed by atoms with Crippen molar-refractivity contribution < 1.29 is 28.6 Å². The Labute approximate surface area is 162 Å². The van der Waals surface area contributed by atoms with Crippen molar-refractivity contribution in [3.05, 3.63) is 59.5 Å². The van der Waals surface area contributed by atoms with Crippen LogP contribution in [-0.2, 0) is 27.3 Å². The van der Waals surface area contributed by atoms with Gasteiger partial charge in [-0.05, 0) is 23.3 Å². The fourth-order valence-electron chi connectivity index (χ4n) is 3.27. The molecule has 1 aliphatic rings. The SMILES string of the molecule is COCCC(NC(=O)C1Cc2ccccc2CN1C(=O)c1ccco1)C(=O)O. The average Bonchev–Trinajstić information content (AvgIpc) is 3.24. The molecule has 148 valence electrons. The third-order valence-electron chi connectivity index (χ3n) is 4.77. The van der Waals surface area contributed by atoms with Gasteiger partial charge in [0.05, 0.1) is 6.26 Å². The van der Waals surface area contributed by atoms with E-state index in [1.165, 1.54) is 24.3 Å². The van der Waals surface area contributed by atoms with E-state index in [0.717, 1.165) is 11.1 Å². The number of aliphatic carboxylic acids is 1. The molecule has 1 aromatic heterocycles. The van der Waals surface area contributed by atoms with Crippen LogP contribution >= 0.6 is 0 Å². The van der Waals surface area contributed by atoms with Crippen LogP contribution in [0, 0.1) is 0 Å². The van der Waals surface area contributed by atoms with Crippen molar-refractivity contribution in [3.63, 3.8) is 0 Å². The summed E-state index contributed by atoms with van der Waals surface area (Å²) in [5.74, 6) is -1.95. The van der Waals surface area contributed by atoms with Crippen molar-refractivity contribution in [2.75, 3.05) is 13.7 Å². The number of methoxy groups -OCH3 is 1. The van der Waals surface area contributed by atoms with Crippen LogP contribution in [0.4, 0.5) is 0 Å². The van der Waals surface area contributed by atoms with Crippen LogP contribution in [0.5, 0.6) is 0 Å². The molecule has 8 heteroatoms. The Bertz CT molecular complexity index is 848. The number of carbonyl (C=O) groups excluding carboxylic acids is 2. The van der Waals surface area contributed by atoms with Crippen molar-refractivity contribution in [3.8, 4) is 0 Å². The summed E-state index contributed by atoms with van der Waals surface area (Å²) in [5.41, 5.74) is 1.90. The van der Waals surface area contributed by atoms with Gasteiger partial charge in [-0.3, -0.25) is 9.59 Å². The summed E-state index contributed by atoms with van der Waals surface area (Å²) in [6.45, 7) is 0.434. The molecule has 2 unspecified atom stereocenters. The fourth-order valence-corrected chi connectivity index (χ4v) is 3.27. The predicted molar refractivity (Wildman–Crippen MR) is 98.6 cm³/mol. The third-order valence-corrected chi connectivity index (χ3v) is 4.77. The quantitative estimate of drug-likeness (QED) is 0.746. The molecule has 0 aliphatic carbocycles. The Morgan fingerprint density at radius 2 is 2.00 bits per heavy atom. The first kappa shape index (κ1) is 19.6. The second kappa shape index (κ2) is 8.71. The zero-order valence-corrected chi connectivity index (χ0v) is 15.5. The van der Waals surface area contributed by atoms with Gasteiger partial charge < -0.3 is 24.5 Å². The van der Waals surface area contributed by atoms with E-state index in [1.807, 2.05) is 24.3 Å². The number of carboxylic acids is 1. The van der Waals surface area contributed by atoms with Crippen LogP contribution in [0.25, 0.3) is 0 Å². The molecule has 28 heavy (non-hydrogen) atoms. The summed E-state index contributed by atoms with van der Waals surface area (Å²) < 4.78 is 10.1. The minimum Gasteiger partial charge on any atom is -0.480 e. The number of hydrogen-bond donors (Lipinski definition) is 2. The Hall–Kier alpha value is -3.13. The zero-order valence-electron chi connectivity index (χ0n) is 15.5. The maximum Gasteiger partial charge on any atom is 0.326 e. The topological polar surface area (TPSA) is 109 Å². The molecule has 1 aromatic carbocycles. The van der Waals surface area contributed by atoms with Gasteiger partial charge in [-0.15, -0.1) is 0 Å². The highest BCUT2D eigenvalue weighted by Gasteiger charge is 2.37. The van der Waals surface area contributed by atoms with E-state index in [0.29, 0.717) is 6.42 Å². The zero-order chi connectivity index (χ0) is 20.1. The largest absolute Gasteiger partial charge is 0.480 e. The summed E-state index contributed by atoms with van der Waals surface area (Å²) >= 11 is 0. The van der Waals surface area contributed by atoms with E-state index < -0.39 is 29.9 Å². The number of furan rings is 1. The van der Waals surface area contributed by atoms with Gasteiger partial charge in [-0.25, -0.2) is 4.79 Å². The number of fused-ring (bicyclic) bond motifs is 1. The van der Waals surface area contributed by atoms with Crippen molar-refractivity contribution in [2.24, 2.45) is 0 Å². The van der Waals surface area contributed by atoms with Crippen molar-refractivity contribution in [2.45, 2.75) is 31.5 Å².